The molecular formula is C17H29NO. The average Bonchev–Trinajstić information content (AvgIpc) is 2.99. The number of allylic oxidation sites excluding steroid dienone is 2. The van der Waals surface area contributed by atoms with Crippen LogP contribution >= 0.6 is 0 Å². The van der Waals surface area contributed by atoms with Gasteiger partial charge in [-0.05, 0) is 50.9 Å². The molecule has 6 unspecified atom stereocenters. The highest BCUT2D eigenvalue weighted by Gasteiger charge is 2.50. The van der Waals surface area contributed by atoms with Gasteiger partial charge in [0.25, 0.3) is 0 Å². The van der Waals surface area contributed by atoms with Crippen molar-refractivity contribution in [2.75, 3.05) is 6.61 Å². The Balaban J connectivity index is 1.54. The summed E-state index contributed by atoms with van der Waals surface area (Å²) >= 11 is 0. The molecule has 0 spiro atoms. The Morgan fingerprint density at radius 1 is 1.26 bits per heavy atom. The van der Waals surface area contributed by atoms with E-state index >= 15 is 0 Å². The number of fused-ring (bicyclic) bond motifs is 2. The topological polar surface area (TPSA) is 21.3 Å². The first-order valence-corrected chi connectivity index (χ1v) is 8.08. The molecule has 19 heavy (non-hydrogen) atoms. The first-order valence-electron chi connectivity index (χ1n) is 8.08. The minimum atomic E-state index is 0.289. The van der Waals surface area contributed by atoms with Crippen LogP contribution in [-0.4, -0.2) is 24.8 Å². The van der Waals surface area contributed by atoms with Gasteiger partial charge in [0.05, 0.1) is 6.10 Å². The van der Waals surface area contributed by atoms with Crippen molar-refractivity contribution >= 4 is 0 Å². The van der Waals surface area contributed by atoms with Gasteiger partial charge in [0.1, 0.15) is 0 Å². The van der Waals surface area contributed by atoms with Crippen LogP contribution in [0.1, 0.15) is 47.0 Å². The molecule has 6 atom stereocenters. The third kappa shape index (κ3) is 2.27. The molecule has 3 aliphatic rings. The van der Waals surface area contributed by atoms with Crippen LogP contribution in [0.2, 0.25) is 0 Å². The van der Waals surface area contributed by atoms with Gasteiger partial charge in [0.15, 0.2) is 0 Å². The fourth-order valence-corrected chi connectivity index (χ4v) is 4.49. The van der Waals surface area contributed by atoms with Gasteiger partial charge in [-0.3, -0.25) is 0 Å². The van der Waals surface area contributed by atoms with E-state index in [0.29, 0.717) is 18.2 Å². The van der Waals surface area contributed by atoms with Crippen LogP contribution in [-0.2, 0) is 4.74 Å². The summed E-state index contributed by atoms with van der Waals surface area (Å²) in [5, 5.41) is 3.91. The molecule has 108 valence electrons. The molecule has 0 radical (unpaired) electrons. The van der Waals surface area contributed by atoms with E-state index in [4.69, 9.17) is 4.74 Å². The molecule has 0 aromatic carbocycles. The predicted molar refractivity (Wildman–Crippen MR) is 79.0 cm³/mol. The Kier molecular flexibility index (Phi) is 3.51. The van der Waals surface area contributed by atoms with Crippen LogP contribution in [0.4, 0.5) is 0 Å². The zero-order valence-electron chi connectivity index (χ0n) is 12.9. The lowest BCUT2D eigenvalue weighted by atomic mass is 9.64. The van der Waals surface area contributed by atoms with Crippen LogP contribution < -0.4 is 5.32 Å². The van der Waals surface area contributed by atoms with Gasteiger partial charge in [0.2, 0.25) is 0 Å². The van der Waals surface area contributed by atoms with Gasteiger partial charge in [-0.15, -0.1) is 0 Å². The standard InChI is InChI=1S/C17H29NO/c1-5-19-16-10-15(17(16,3)4)18-11(2)14-9-12-6-7-13(14)8-12/h6-7,11-16,18H,5,8-10H2,1-4H3. The Morgan fingerprint density at radius 2 is 2.05 bits per heavy atom. The number of hydrogen-bond acceptors (Lipinski definition) is 2. The van der Waals surface area contributed by atoms with Crippen LogP contribution in [0, 0.1) is 23.2 Å². The van der Waals surface area contributed by atoms with Crippen LogP contribution in [0.15, 0.2) is 12.2 Å². The Hall–Kier alpha value is -0.340. The van der Waals surface area contributed by atoms with Crippen molar-refractivity contribution in [2.45, 2.75) is 65.1 Å². The minimum Gasteiger partial charge on any atom is -0.378 e. The van der Waals surface area contributed by atoms with Crippen LogP contribution in [0.5, 0.6) is 0 Å². The lowest BCUT2D eigenvalue weighted by Crippen LogP contribution is -2.63. The second-order valence-corrected chi connectivity index (χ2v) is 7.45. The number of nitrogens with one attached hydrogen (secondary N) is 1. The molecule has 0 amide bonds. The third-order valence-electron chi connectivity index (χ3n) is 5.98. The molecule has 2 nitrogen and oxygen atoms in total. The summed E-state index contributed by atoms with van der Waals surface area (Å²) < 4.78 is 5.83. The Bertz CT molecular complexity index is 362. The molecular weight excluding hydrogens is 234 g/mol. The smallest absolute Gasteiger partial charge is 0.0655 e. The first kappa shape index (κ1) is 13.6. The largest absolute Gasteiger partial charge is 0.378 e. The van der Waals surface area contributed by atoms with E-state index in [1.807, 2.05) is 0 Å². The average molecular weight is 263 g/mol. The lowest BCUT2D eigenvalue weighted by Gasteiger charge is -2.53. The zero-order chi connectivity index (χ0) is 13.6. The summed E-state index contributed by atoms with van der Waals surface area (Å²) in [6.45, 7) is 10.0. The molecule has 0 heterocycles. The van der Waals surface area contributed by atoms with Crippen molar-refractivity contribution in [2.24, 2.45) is 23.2 Å². The highest BCUT2D eigenvalue weighted by Crippen LogP contribution is 2.47. The van der Waals surface area contributed by atoms with Gasteiger partial charge in [-0.25, -0.2) is 0 Å². The highest BCUT2D eigenvalue weighted by molar-refractivity contribution is 5.12. The molecule has 2 bridgehead atoms. The molecule has 0 aromatic rings. The molecule has 2 heteroatoms. The van der Waals surface area contributed by atoms with Gasteiger partial charge < -0.3 is 10.1 Å². The van der Waals surface area contributed by atoms with E-state index in [2.05, 4.69) is 45.2 Å². The van der Waals surface area contributed by atoms with E-state index in [1.165, 1.54) is 19.3 Å². The normalized spacial score (nSPS) is 44.3. The van der Waals surface area contributed by atoms with Gasteiger partial charge in [0, 0.05) is 24.1 Å². The molecule has 3 aliphatic carbocycles. The fraction of sp³-hybridized carbons (Fsp3) is 0.882. The summed E-state index contributed by atoms with van der Waals surface area (Å²) in [5.41, 5.74) is 0.289. The van der Waals surface area contributed by atoms with Gasteiger partial charge in [-0.2, -0.15) is 0 Å². The highest BCUT2D eigenvalue weighted by atomic mass is 16.5. The predicted octanol–water partition coefficient (Wildman–Crippen LogP) is 3.38. The molecule has 2 saturated carbocycles. The lowest BCUT2D eigenvalue weighted by molar-refractivity contribution is -0.117. The van der Waals surface area contributed by atoms with Crippen molar-refractivity contribution in [1.82, 2.24) is 5.32 Å². The minimum absolute atomic E-state index is 0.289. The summed E-state index contributed by atoms with van der Waals surface area (Å²) in [6, 6.07) is 1.27. The molecule has 0 aliphatic heterocycles. The number of rotatable bonds is 5. The number of hydrogen-bond donors (Lipinski definition) is 1. The van der Waals surface area contributed by atoms with Crippen molar-refractivity contribution in [1.29, 1.82) is 0 Å². The summed E-state index contributed by atoms with van der Waals surface area (Å²) in [7, 11) is 0. The van der Waals surface area contributed by atoms with E-state index < -0.39 is 0 Å². The zero-order valence-corrected chi connectivity index (χ0v) is 12.9. The van der Waals surface area contributed by atoms with Gasteiger partial charge >= 0.3 is 0 Å². The summed E-state index contributed by atoms with van der Waals surface area (Å²) in [6.07, 6.45) is 9.34. The monoisotopic (exact) mass is 263 g/mol. The Labute approximate surface area is 118 Å². The van der Waals surface area contributed by atoms with E-state index in [1.54, 1.807) is 0 Å². The second-order valence-electron chi connectivity index (χ2n) is 7.45. The second kappa shape index (κ2) is 4.89. The molecule has 1 N–H and O–H groups in total. The molecule has 3 rings (SSSR count). The third-order valence-corrected chi connectivity index (χ3v) is 5.98. The maximum atomic E-state index is 5.83. The van der Waals surface area contributed by atoms with Crippen molar-refractivity contribution in [3.05, 3.63) is 12.2 Å². The SMILES string of the molecule is CCOC1CC(NC(C)C2CC3C=CC2C3)C1(C)C. The molecule has 2 fully saturated rings. The molecule has 0 saturated heterocycles. The Morgan fingerprint density at radius 3 is 2.58 bits per heavy atom. The maximum Gasteiger partial charge on any atom is 0.0655 e. The van der Waals surface area contributed by atoms with Crippen LogP contribution in [0.3, 0.4) is 0 Å². The molecule has 0 aromatic heterocycles. The summed E-state index contributed by atoms with van der Waals surface area (Å²) in [5.74, 6) is 2.58. The summed E-state index contributed by atoms with van der Waals surface area (Å²) in [4.78, 5) is 0. The quantitative estimate of drug-likeness (QED) is 0.768. The van der Waals surface area contributed by atoms with Crippen molar-refractivity contribution in [3.8, 4) is 0 Å². The number of ether oxygens (including phenoxy) is 1. The van der Waals surface area contributed by atoms with Crippen molar-refractivity contribution < 1.29 is 4.74 Å². The fourth-order valence-electron chi connectivity index (χ4n) is 4.49. The van der Waals surface area contributed by atoms with E-state index in [9.17, 15) is 0 Å². The van der Waals surface area contributed by atoms with E-state index in [0.717, 1.165) is 24.4 Å². The van der Waals surface area contributed by atoms with Gasteiger partial charge in [-0.1, -0.05) is 26.0 Å². The maximum absolute atomic E-state index is 5.83. The van der Waals surface area contributed by atoms with Crippen molar-refractivity contribution in [3.63, 3.8) is 0 Å². The first-order chi connectivity index (χ1) is 9.02. The van der Waals surface area contributed by atoms with Crippen LogP contribution in [0.25, 0.3) is 0 Å². The van der Waals surface area contributed by atoms with E-state index in [-0.39, 0.29) is 5.41 Å².